The molecule has 0 aliphatic carbocycles. The number of hydrogen-bond donors (Lipinski definition) is 1. The summed E-state index contributed by atoms with van der Waals surface area (Å²) in [5.41, 5.74) is 0.725. The monoisotopic (exact) mass is 273 g/mol. The van der Waals surface area contributed by atoms with Gasteiger partial charge < -0.3 is 5.32 Å². The lowest BCUT2D eigenvalue weighted by molar-refractivity contribution is -0.383. The lowest BCUT2D eigenvalue weighted by Gasteiger charge is -2.08. The van der Waals surface area contributed by atoms with Crippen molar-refractivity contribution in [2.24, 2.45) is 0 Å². The van der Waals surface area contributed by atoms with Gasteiger partial charge in [0.25, 0.3) is 0 Å². The molecule has 0 bridgehead atoms. The minimum Gasteiger partial charge on any atom is -0.350 e. The molecule has 0 saturated carbocycles. The molecule has 0 aliphatic rings. The fourth-order valence-corrected chi connectivity index (χ4v) is 1.88. The van der Waals surface area contributed by atoms with E-state index in [4.69, 9.17) is 16.9 Å². The molecule has 0 aromatic heterocycles. The molecule has 5 nitrogen and oxygen atoms in total. The first-order valence-electron chi connectivity index (χ1n) is 5.32. The van der Waals surface area contributed by atoms with Crippen LogP contribution in [0.5, 0.6) is 0 Å². The number of nitro groups is 1. The highest BCUT2D eigenvalue weighted by Gasteiger charge is 2.22. The summed E-state index contributed by atoms with van der Waals surface area (Å²) in [7, 11) is 0. The van der Waals surface area contributed by atoms with E-state index in [-0.39, 0.29) is 22.0 Å². The van der Waals surface area contributed by atoms with E-state index in [1.54, 1.807) is 24.3 Å². The summed E-state index contributed by atoms with van der Waals surface area (Å²) in [5, 5.41) is 22.7. The van der Waals surface area contributed by atoms with E-state index in [2.05, 4.69) is 5.32 Å². The molecule has 6 heteroatoms. The summed E-state index contributed by atoms with van der Waals surface area (Å²) >= 11 is 5.87. The lowest BCUT2D eigenvalue weighted by Crippen LogP contribution is -1.99. The zero-order valence-electron chi connectivity index (χ0n) is 9.63. The predicted molar refractivity (Wildman–Crippen MR) is 72.5 cm³/mol. The first kappa shape index (κ1) is 12.9. The molecule has 0 aliphatic heterocycles. The third-order valence-electron chi connectivity index (χ3n) is 2.47. The van der Waals surface area contributed by atoms with Crippen molar-refractivity contribution in [3.8, 4) is 6.07 Å². The summed E-state index contributed by atoms with van der Waals surface area (Å²) in [6, 6.07) is 13.7. The quantitative estimate of drug-likeness (QED) is 0.680. The minimum absolute atomic E-state index is 0.0759. The molecule has 0 saturated heterocycles. The smallest absolute Gasteiger partial charge is 0.312 e. The average molecular weight is 274 g/mol. The van der Waals surface area contributed by atoms with Crippen LogP contribution in [0.2, 0.25) is 5.02 Å². The van der Waals surface area contributed by atoms with Gasteiger partial charge in [-0.2, -0.15) is 5.26 Å². The topological polar surface area (TPSA) is 79.0 Å². The maximum absolute atomic E-state index is 11.1. The van der Waals surface area contributed by atoms with E-state index in [1.807, 2.05) is 12.1 Å². The molecule has 2 rings (SSSR count). The second-order valence-electron chi connectivity index (χ2n) is 3.68. The Balaban J connectivity index is 2.50. The van der Waals surface area contributed by atoms with Crippen LogP contribution in [0, 0.1) is 21.4 Å². The van der Waals surface area contributed by atoms with Crippen LogP contribution in [0.4, 0.5) is 17.1 Å². The van der Waals surface area contributed by atoms with Crippen LogP contribution >= 0.6 is 11.6 Å². The van der Waals surface area contributed by atoms with E-state index in [0.29, 0.717) is 5.69 Å². The molecule has 0 radical (unpaired) electrons. The molecule has 94 valence electrons. The Morgan fingerprint density at radius 2 is 1.89 bits per heavy atom. The van der Waals surface area contributed by atoms with Gasteiger partial charge in [0, 0.05) is 5.69 Å². The molecule has 0 amide bonds. The number of benzene rings is 2. The lowest BCUT2D eigenvalue weighted by atomic mass is 10.1. The first-order chi connectivity index (χ1) is 9.13. The maximum atomic E-state index is 11.1. The highest BCUT2D eigenvalue weighted by Crippen LogP contribution is 2.36. The standard InChI is InChI=1S/C13H8ClN3O2/c14-12-9(8-15)6-7-11(13(12)17(18)19)16-10-4-2-1-3-5-10/h1-7,16H. The predicted octanol–water partition coefficient (Wildman–Crippen LogP) is 3.86. The third kappa shape index (κ3) is 2.64. The molecule has 0 unspecified atom stereocenters. The number of halogens is 1. The summed E-state index contributed by atoms with van der Waals surface area (Å²) in [6.07, 6.45) is 0. The third-order valence-corrected chi connectivity index (χ3v) is 2.85. The number of nitrogens with zero attached hydrogens (tertiary/aromatic N) is 2. The minimum atomic E-state index is -0.603. The highest BCUT2D eigenvalue weighted by molar-refractivity contribution is 6.34. The highest BCUT2D eigenvalue weighted by atomic mass is 35.5. The van der Waals surface area contributed by atoms with Gasteiger partial charge in [-0.1, -0.05) is 29.8 Å². The molecule has 0 fully saturated rings. The fourth-order valence-electron chi connectivity index (χ4n) is 1.61. The van der Waals surface area contributed by atoms with Crippen molar-refractivity contribution in [2.75, 3.05) is 5.32 Å². The Morgan fingerprint density at radius 1 is 1.21 bits per heavy atom. The van der Waals surface area contributed by atoms with Crippen molar-refractivity contribution >= 4 is 28.7 Å². The Hall–Kier alpha value is -2.58. The molecule has 2 aromatic rings. The van der Waals surface area contributed by atoms with Crippen molar-refractivity contribution < 1.29 is 4.92 Å². The van der Waals surface area contributed by atoms with Gasteiger partial charge in [0.1, 0.15) is 16.8 Å². The normalized spacial score (nSPS) is 9.68. The van der Waals surface area contributed by atoms with Gasteiger partial charge in [0.2, 0.25) is 0 Å². The SMILES string of the molecule is N#Cc1ccc(Nc2ccccc2)c([N+](=O)[O-])c1Cl. The summed E-state index contributed by atoms with van der Waals surface area (Å²) in [5.74, 6) is 0. The number of hydrogen-bond acceptors (Lipinski definition) is 4. The Labute approximate surface area is 114 Å². The molecule has 2 aromatic carbocycles. The summed E-state index contributed by atoms with van der Waals surface area (Å²) in [4.78, 5) is 10.5. The van der Waals surface area contributed by atoms with Gasteiger partial charge >= 0.3 is 5.69 Å². The van der Waals surface area contributed by atoms with E-state index in [1.165, 1.54) is 12.1 Å². The largest absolute Gasteiger partial charge is 0.350 e. The molecule has 0 heterocycles. The van der Waals surface area contributed by atoms with Crippen molar-refractivity contribution in [3.05, 3.63) is 63.2 Å². The van der Waals surface area contributed by atoms with Crippen LogP contribution in [-0.2, 0) is 0 Å². The van der Waals surface area contributed by atoms with Crippen LogP contribution in [0.3, 0.4) is 0 Å². The van der Waals surface area contributed by atoms with Gasteiger partial charge in [-0.15, -0.1) is 0 Å². The number of rotatable bonds is 3. The number of nitro benzene ring substituents is 1. The van der Waals surface area contributed by atoms with Gasteiger partial charge in [-0.25, -0.2) is 0 Å². The molecular weight excluding hydrogens is 266 g/mol. The van der Waals surface area contributed by atoms with E-state index in [9.17, 15) is 10.1 Å². The molecular formula is C13H8ClN3O2. The van der Waals surface area contributed by atoms with Crippen molar-refractivity contribution in [3.63, 3.8) is 0 Å². The molecule has 0 atom stereocenters. The number of anilines is 2. The molecule has 0 spiro atoms. The van der Waals surface area contributed by atoms with E-state index >= 15 is 0 Å². The van der Waals surface area contributed by atoms with Gasteiger partial charge in [-0.3, -0.25) is 10.1 Å². The Kier molecular flexibility index (Phi) is 3.64. The number of para-hydroxylation sites is 1. The number of nitrogens with one attached hydrogen (secondary N) is 1. The van der Waals surface area contributed by atoms with Crippen molar-refractivity contribution in [2.45, 2.75) is 0 Å². The first-order valence-corrected chi connectivity index (χ1v) is 5.70. The second-order valence-corrected chi connectivity index (χ2v) is 4.06. The van der Waals surface area contributed by atoms with Crippen LogP contribution in [-0.4, -0.2) is 4.92 Å². The Bertz CT molecular complexity index is 666. The van der Waals surface area contributed by atoms with Crippen LogP contribution < -0.4 is 5.32 Å². The zero-order chi connectivity index (χ0) is 13.8. The summed E-state index contributed by atoms with van der Waals surface area (Å²) in [6.45, 7) is 0. The fraction of sp³-hybridized carbons (Fsp3) is 0. The Morgan fingerprint density at radius 3 is 2.47 bits per heavy atom. The van der Waals surface area contributed by atoms with Gasteiger partial charge in [0.05, 0.1) is 10.5 Å². The average Bonchev–Trinajstić information content (AvgIpc) is 2.40. The number of nitriles is 1. The zero-order valence-corrected chi connectivity index (χ0v) is 10.4. The van der Waals surface area contributed by atoms with Crippen molar-refractivity contribution in [1.82, 2.24) is 0 Å². The van der Waals surface area contributed by atoms with Crippen LogP contribution in [0.25, 0.3) is 0 Å². The molecule has 19 heavy (non-hydrogen) atoms. The van der Waals surface area contributed by atoms with Gasteiger partial charge in [0.15, 0.2) is 0 Å². The molecule has 1 N–H and O–H groups in total. The van der Waals surface area contributed by atoms with E-state index < -0.39 is 4.92 Å². The second kappa shape index (κ2) is 5.38. The van der Waals surface area contributed by atoms with Crippen LogP contribution in [0.1, 0.15) is 5.56 Å². The van der Waals surface area contributed by atoms with Crippen LogP contribution in [0.15, 0.2) is 42.5 Å². The van der Waals surface area contributed by atoms with Crippen molar-refractivity contribution in [1.29, 1.82) is 5.26 Å². The summed E-state index contributed by atoms with van der Waals surface area (Å²) < 4.78 is 0. The maximum Gasteiger partial charge on any atom is 0.312 e. The van der Waals surface area contributed by atoms with E-state index in [0.717, 1.165) is 0 Å². The van der Waals surface area contributed by atoms with Gasteiger partial charge in [-0.05, 0) is 24.3 Å².